The highest BCUT2D eigenvalue weighted by atomic mass is 15.0. The van der Waals surface area contributed by atoms with E-state index in [-0.39, 0.29) is 0 Å². The molecule has 0 bridgehead atoms. The predicted molar refractivity (Wildman–Crippen MR) is 52.9 cm³/mol. The zero-order valence-electron chi connectivity index (χ0n) is 8.18. The van der Waals surface area contributed by atoms with E-state index in [2.05, 4.69) is 42.8 Å². The highest BCUT2D eigenvalue weighted by Gasteiger charge is 2.00. The molecule has 0 aromatic carbocycles. The largest absolute Gasteiger partial charge is 0.393 e. The van der Waals surface area contributed by atoms with Crippen LogP contribution in [-0.4, -0.2) is 11.6 Å². The first-order valence-corrected chi connectivity index (χ1v) is 4.16. The van der Waals surface area contributed by atoms with Crippen molar-refractivity contribution in [1.82, 2.24) is 9.88 Å². The van der Waals surface area contributed by atoms with Gasteiger partial charge in [-0.2, -0.15) is 0 Å². The molecule has 1 N–H and O–H groups in total. The molecule has 0 aliphatic carbocycles. The summed E-state index contributed by atoms with van der Waals surface area (Å²) in [5.74, 6) is 0. The minimum absolute atomic E-state index is 1.22. The summed E-state index contributed by atoms with van der Waals surface area (Å²) in [5, 5.41) is 3.03. The van der Waals surface area contributed by atoms with Crippen molar-refractivity contribution in [2.24, 2.45) is 0 Å². The standard InChI is InChI=1S/C10H16N2/c1-8-5-6-9(2)12(8)10(3)7-11-4/h5-7,11H,1-4H3/b10-7-. The van der Waals surface area contributed by atoms with Crippen LogP contribution in [0, 0.1) is 13.8 Å². The second-order valence-corrected chi connectivity index (χ2v) is 3.03. The van der Waals surface area contributed by atoms with E-state index in [1.807, 2.05) is 13.2 Å². The fourth-order valence-electron chi connectivity index (χ4n) is 1.50. The maximum absolute atomic E-state index is 3.03. The Bertz CT molecular complexity index is 275. The van der Waals surface area contributed by atoms with Gasteiger partial charge in [0.1, 0.15) is 0 Å². The van der Waals surface area contributed by atoms with Crippen molar-refractivity contribution in [3.05, 3.63) is 29.7 Å². The molecular formula is C10H16N2. The average Bonchev–Trinajstić information content (AvgIpc) is 2.32. The van der Waals surface area contributed by atoms with Gasteiger partial charge in [0.05, 0.1) is 0 Å². The van der Waals surface area contributed by atoms with Gasteiger partial charge in [-0.15, -0.1) is 0 Å². The molecular weight excluding hydrogens is 148 g/mol. The van der Waals surface area contributed by atoms with Gasteiger partial charge in [-0.05, 0) is 32.9 Å². The summed E-state index contributed by atoms with van der Waals surface area (Å²) < 4.78 is 2.22. The summed E-state index contributed by atoms with van der Waals surface area (Å²) >= 11 is 0. The summed E-state index contributed by atoms with van der Waals surface area (Å²) in [7, 11) is 1.91. The number of nitrogens with one attached hydrogen (secondary N) is 1. The molecule has 0 saturated heterocycles. The minimum atomic E-state index is 1.22. The summed E-state index contributed by atoms with van der Waals surface area (Å²) in [5.41, 5.74) is 3.77. The van der Waals surface area contributed by atoms with Crippen LogP contribution in [0.1, 0.15) is 18.3 Å². The van der Waals surface area contributed by atoms with Crippen molar-refractivity contribution in [3.8, 4) is 0 Å². The van der Waals surface area contributed by atoms with Gasteiger partial charge in [-0.25, -0.2) is 0 Å². The summed E-state index contributed by atoms with van der Waals surface area (Å²) in [6.07, 6.45) is 2.00. The average molecular weight is 164 g/mol. The number of aromatic nitrogens is 1. The van der Waals surface area contributed by atoms with Gasteiger partial charge in [0.15, 0.2) is 0 Å². The Morgan fingerprint density at radius 1 is 1.33 bits per heavy atom. The Kier molecular flexibility index (Phi) is 2.58. The maximum atomic E-state index is 3.03. The van der Waals surface area contributed by atoms with E-state index in [1.165, 1.54) is 17.1 Å². The van der Waals surface area contributed by atoms with Crippen LogP contribution in [0.15, 0.2) is 18.3 Å². The Balaban J connectivity index is 3.09. The Labute approximate surface area is 73.9 Å². The van der Waals surface area contributed by atoms with Crippen LogP contribution < -0.4 is 5.32 Å². The minimum Gasteiger partial charge on any atom is -0.393 e. The van der Waals surface area contributed by atoms with Crippen LogP contribution in [-0.2, 0) is 0 Å². The zero-order valence-corrected chi connectivity index (χ0v) is 8.18. The van der Waals surface area contributed by atoms with Crippen molar-refractivity contribution < 1.29 is 0 Å². The molecule has 1 aromatic rings. The molecule has 0 amide bonds. The quantitative estimate of drug-likeness (QED) is 0.708. The Morgan fingerprint density at radius 3 is 2.25 bits per heavy atom. The third kappa shape index (κ3) is 1.52. The number of allylic oxidation sites excluding steroid dienone is 1. The van der Waals surface area contributed by atoms with E-state index in [0.29, 0.717) is 0 Å². The van der Waals surface area contributed by atoms with E-state index in [4.69, 9.17) is 0 Å². The van der Waals surface area contributed by atoms with Crippen molar-refractivity contribution in [2.75, 3.05) is 7.05 Å². The molecule has 0 atom stereocenters. The number of nitrogens with zero attached hydrogens (tertiary/aromatic N) is 1. The van der Waals surface area contributed by atoms with Crippen molar-refractivity contribution in [1.29, 1.82) is 0 Å². The first-order valence-electron chi connectivity index (χ1n) is 4.16. The Hall–Kier alpha value is -1.18. The molecule has 1 heterocycles. The van der Waals surface area contributed by atoms with Gasteiger partial charge in [-0.1, -0.05) is 0 Å². The van der Waals surface area contributed by atoms with Crippen molar-refractivity contribution in [2.45, 2.75) is 20.8 Å². The summed E-state index contributed by atoms with van der Waals surface area (Å²) in [4.78, 5) is 0. The molecule has 0 spiro atoms. The van der Waals surface area contributed by atoms with E-state index < -0.39 is 0 Å². The second-order valence-electron chi connectivity index (χ2n) is 3.03. The van der Waals surface area contributed by atoms with E-state index in [1.54, 1.807) is 0 Å². The van der Waals surface area contributed by atoms with Gasteiger partial charge in [0, 0.05) is 30.3 Å². The lowest BCUT2D eigenvalue weighted by Gasteiger charge is -2.08. The van der Waals surface area contributed by atoms with Crippen LogP contribution in [0.4, 0.5) is 0 Å². The highest BCUT2D eigenvalue weighted by molar-refractivity contribution is 5.46. The molecule has 0 aliphatic rings. The van der Waals surface area contributed by atoms with Crippen LogP contribution in [0.2, 0.25) is 0 Å². The van der Waals surface area contributed by atoms with Gasteiger partial charge >= 0.3 is 0 Å². The number of rotatable bonds is 2. The molecule has 1 rings (SSSR count). The molecule has 2 heteroatoms. The molecule has 0 aliphatic heterocycles. The molecule has 0 saturated carbocycles. The number of aryl methyl sites for hydroxylation is 2. The first-order chi connectivity index (χ1) is 5.66. The van der Waals surface area contributed by atoms with Gasteiger partial charge in [-0.3, -0.25) is 0 Å². The third-order valence-electron chi connectivity index (χ3n) is 1.98. The van der Waals surface area contributed by atoms with Crippen LogP contribution in [0.3, 0.4) is 0 Å². The maximum Gasteiger partial charge on any atom is 0.0351 e. The fourth-order valence-corrected chi connectivity index (χ4v) is 1.50. The predicted octanol–water partition coefficient (Wildman–Crippen LogP) is 2.14. The lowest BCUT2D eigenvalue weighted by atomic mass is 10.4. The fraction of sp³-hybridized carbons (Fsp3) is 0.400. The van der Waals surface area contributed by atoms with Crippen molar-refractivity contribution >= 4 is 5.70 Å². The number of hydrogen-bond acceptors (Lipinski definition) is 1. The Morgan fingerprint density at radius 2 is 1.83 bits per heavy atom. The monoisotopic (exact) mass is 164 g/mol. The molecule has 2 nitrogen and oxygen atoms in total. The lowest BCUT2D eigenvalue weighted by molar-refractivity contribution is 0.959. The lowest BCUT2D eigenvalue weighted by Crippen LogP contribution is -2.03. The van der Waals surface area contributed by atoms with Crippen LogP contribution >= 0.6 is 0 Å². The summed E-state index contributed by atoms with van der Waals surface area (Å²) in [6, 6.07) is 4.25. The molecule has 66 valence electrons. The van der Waals surface area contributed by atoms with Crippen LogP contribution in [0.25, 0.3) is 5.70 Å². The van der Waals surface area contributed by atoms with E-state index in [0.717, 1.165) is 0 Å². The molecule has 12 heavy (non-hydrogen) atoms. The highest BCUT2D eigenvalue weighted by Crippen LogP contribution is 2.13. The van der Waals surface area contributed by atoms with Gasteiger partial charge in [0.25, 0.3) is 0 Å². The molecule has 0 unspecified atom stereocenters. The van der Waals surface area contributed by atoms with E-state index in [9.17, 15) is 0 Å². The van der Waals surface area contributed by atoms with Gasteiger partial charge < -0.3 is 9.88 Å². The first kappa shape index (κ1) is 8.91. The molecule has 1 aromatic heterocycles. The topological polar surface area (TPSA) is 17.0 Å². The van der Waals surface area contributed by atoms with Crippen LogP contribution in [0.5, 0.6) is 0 Å². The van der Waals surface area contributed by atoms with E-state index >= 15 is 0 Å². The molecule has 0 fully saturated rings. The van der Waals surface area contributed by atoms with Crippen molar-refractivity contribution in [3.63, 3.8) is 0 Å². The summed E-state index contributed by atoms with van der Waals surface area (Å²) in [6.45, 7) is 6.32. The second kappa shape index (κ2) is 3.48. The third-order valence-corrected chi connectivity index (χ3v) is 1.98. The normalized spacial score (nSPS) is 11.8. The SMILES string of the molecule is CN/C=C(/C)n1c(C)ccc1C. The smallest absolute Gasteiger partial charge is 0.0351 e. The zero-order chi connectivity index (χ0) is 9.14. The molecule has 0 radical (unpaired) electrons. The number of hydrogen-bond donors (Lipinski definition) is 1. The van der Waals surface area contributed by atoms with Gasteiger partial charge in [0.2, 0.25) is 0 Å².